The number of aliphatic hydroxyl groups is 1. The van der Waals surface area contributed by atoms with Gasteiger partial charge in [0.15, 0.2) is 5.96 Å². The highest BCUT2D eigenvalue weighted by Gasteiger charge is 2.29. The molecular formula is C22H35FN4O. The molecule has 1 aromatic rings. The number of piperidine rings is 1. The maximum atomic E-state index is 13.1. The summed E-state index contributed by atoms with van der Waals surface area (Å²) < 4.78 is 13.1. The monoisotopic (exact) mass is 390 g/mol. The Labute approximate surface area is 168 Å². The Morgan fingerprint density at radius 1 is 1.18 bits per heavy atom. The van der Waals surface area contributed by atoms with Gasteiger partial charge in [-0.15, -0.1) is 0 Å². The van der Waals surface area contributed by atoms with Crippen LogP contribution in [0.3, 0.4) is 0 Å². The molecule has 2 fully saturated rings. The normalized spacial score (nSPS) is 21.5. The Morgan fingerprint density at radius 3 is 2.50 bits per heavy atom. The van der Waals surface area contributed by atoms with Gasteiger partial charge in [-0.1, -0.05) is 31.4 Å². The average Bonchev–Trinajstić information content (AvgIpc) is 2.70. The molecule has 1 saturated carbocycles. The van der Waals surface area contributed by atoms with Crippen LogP contribution in [-0.4, -0.2) is 53.8 Å². The fourth-order valence-electron chi connectivity index (χ4n) is 4.19. The molecular weight excluding hydrogens is 355 g/mol. The summed E-state index contributed by atoms with van der Waals surface area (Å²) in [7, 11) is 0. The van der Waals surface area contributed by atoms with Crippen molar-refractivity contribution in [3.05, 3.63) is 35.6 Å². The lowest BCUT2D eigenvalue weighted by molar-refractivity contribution is 0.0131. The second kappa shape index (κ2) is 10.2. The summed E-state index contributed by atoms with van der Waals surface area (Å²) >= 11 is 0. The first-order valence-corrected chi connectivity index (χ1v) is 10.8. The van der Waals surface area contributed by atoms with Gasteiger partial charge in [-0.3, -0.25) is 9.89 Å². The van der Waals surface area contributed by atoms with Gasteiger partial charge >= 0.3 is 0 Å². The minimum Gasteiger partial charge on any atom is -0.388 e. The van der Waals surface area contributed by atoms with Crippen LogP contribution in [0.1, 0.15) is 57.4 Å². The van der Waals surface area contributed by atoms with Gasteiger partial charge in [-0.25, -0.2) is 4.39 Å². The molecule has 5 nitrogen and oxygen atoms in total. The fraction of sp³-hybridized carbons (Fsp3) is 0.682. The molecule has 6 heteroatoms. The van der Waals surface area contributed by atoms with Crippen LogP contribution in [0.25, 0.3) is 0 Å². The van der Waals surface area contributed by atoms with Crippen LogP contribution in [0.5, 0.6) is 0 Å². The molecule has 3 rings (SSSR count). The zero-order valence-corrected chi connectivity index (χ0v) is 17.1. The first-order chi connectivity index (χ1) is 13.6. The Morgan fingerprint density at radius 2 is 1.86 bits per heavy atom. The van der Waals surface area contributed by atoms with Gasteiger partial charge in [0.1, 0.15) is 5.82 Å². The molecule has 0 amide bonds. The van der Waals surface area contributed by atoms with Crippen LogP contribution in [0.2, 0.25) is 0 Å². The molecule has 0 atom stereocenters. The van der Waals surface area contributed by atoms with Crippen molar-refractivity contribution in [2.75, 3.05) is 26.2 Å². The van der Waals surface area contributed by atoms with E-state index in [-0.39, 0.29) is 5.82 Å². The van der Waals surface area contributed by atoms with Crippen molar-refractivity contribution >= 4 is 5.96 Å². The highest BCUT2D eigenvalue weighted by atomic mass is 19.1. The minimum atomic E-state index is -0.626. The quantitative estimate of drug-likeness (QED) is 0.516. The highest BCUT2D eigenvalue weighted by molar-refractivity contribution is 5.80. The van der Waals surface area contributed by atoms with Gasteiger partial charge in [0.05, 0.1) is 12.1 Å². The number of nitrogens with one attached hydrogen (secondary N) is 2. The van der Waals surface area contributed by atoms with E-state index in [9.17, 15) is 9.50 Å². The molecule has 3 N–H and O–H groups in total. The van der Waals surface area contributed by atoms with Crippen LogP contribution >= 0.6 is 0 Å². The number of hydrogen-bond acceptors (Lipinski definition) is 3. The summed E-state index contributed by atoms with van der Waals surface area (Å²) in [6.07, 6.45) is 7.24. The molecule has 0 aromatic heterocycles. The molecule has 28 heavy (non-hydrogen) atoms. The minimum absolute atomic E-state index is 0.181. The van der Waals surface area contributed by atoms with Crippen molar-refractivity contribution in [1.29, 1.82) is 0 Å². The van der Waals surface area contributed by atoms with E-state index < -0.39 is 5.60 Å². The predicted molar refractivity (Wildman–Crippen MR) is 112 cm³/mol. The number of aliphatic imine (C=N–C) groups is 1. The number of hydrogen-bond donors (Lipinski definition) is 3. The van der Waals surface area contributed by atoms with Crippen LogP contribution < -0.4 is 10.6 Å². The zero-order valence-electron chi connectivity index (χ0n) is 17.1. The lowest BCUT2D eigenvalue weighted by atomic mass is 9.85. The van der Waals surface area contributed by atoms with Gasteiger partial charge in [0.2, 0.25) is 0 Å². The topological polar surface area (TPSA) is 59.9 Å². The van der Waals surface area contributed by atoms with Gasteiger partial charge in [-0.2, -0.15) is 0 Å². The Balaban J connectivity index is 1.46. The molecule has 1 aliphatic heterocycles. The Hall–Kier alpha value is -1.66. The van der Waals surface area contributed by atoms with E-state index in [1.54, 1.807) is 0 Å². The molecule has 0 unspecified atom stereocenters. The summed E-state index contributed by atoms with van der Waals surface area (Å²) in [4.78, 5) is 7.11. The molecule has 0 bridgehead atoms. The third-order valence-electron chi connectivity index (χ3n) is 5.91. The molecule has 2 aliphatic rings. The largest absolute Gasteiger partial charge is 0.388 e. The maximum absolute atomic E-state index is 13.1. The summed E-state index contributed by atoms with van der Waals surface area (Å²) in [5, 5.41) is 17.6. The van der Waals surface area contributed by atoms with E-state index in [4.69, 9.17) is 4.99 Å². The zero-order chi connectivity index (χ0) is 19.8. The van der Waals surface area contributed by atoms with Crippen LogP contribution in [0, 0.1) is 5.82 Å². The lowest BCUT2D eigenvalue weighted by Crippen LogP contribution is -2.49. The number of benzene rings is 1. The van der Waals surface area contributed by atoms with Crippen molar-refractivity contribution in [2.45, 2.75) is 70.1 Å². The summed E-state index contributed by atoms with van der Waals surface area (Å²) in [5.74, 6) is 0.637. The molecule has 0 spiro atoms. The summed E-state index contributed by atoms with van der Waals surface area (Å²) in [6, 6.07) is 7.19. The first kappa shape index (κ1) is 21.1. The predicted octanol–water partition coefficient (Wildman–Crippen LogP) is 3.04. The first-order valence-electron chi connectivity index (χ1n) is 10.8. The highest BCUT2D eigenvalue weighted by Crippen LogP contribution is 2.28. The molecule has 1 aliphatic carbocycles. The number of rotatable bonds is 6. The van der Waals surface area contributed by atoms with E-state index in [1.165, 1.54) is 18.6 Å². The van der Waals surface area contributed by atoms with Crippen molar-refractivity contribution in [3.63, 3.8) is 0 Å². The third-order valence-corrected chi connectivity index (χ3v) is 5.91. The number of halogens is 1. The third kappa shape index (κ3) is 6.45. The van der Waals surface area contributed by atoms with E-state index in [0.717, 1.165) is 76.2 Å². The summed E-state index contributed by atoms with van der Waals surface area (Å²) in [6.45, 7) is 6.25. The van der Waals surface area contributed by atoms with Gasteiger partial charge in [0, 0.05) is 32.2 Å². The van der Waals surface area contributed by atoms with Crippen LogP contribution in [0.4, 0.5) is 4.39 Å². The van der Waals surface area contributed by atoms with Crippen LogP contribution in [0.15, 0.2) is 29.3 Å². The maximum Gasteiger partial charge on any atom is 0.191 e. The second-order valence-electron chi connectivity index (χ2n) is 8.30. The van der Waals surface area contributed by atoms with Crippen molar-refractivity contribution in [1.82, 2.24) is 15.5 Å². The lowest BCUT2D eigenvalue weighted by Gasteiger charge is -2.34. The molecule has 1 heterocycles. The number of guanidine groups is 1. The second-order valence-corrected chi connectivity index (χ2v) is 8.30. The number of nitrogens with zero attached hydrogens (tertiary/aromatic N) is 2. The average molecular weight is 391 g/mol. The summed E-state index contributed by atoms with van der Waals surface area (Å²) in [5.41, 5.74) is 0.530. The SMILES string of the molecule is CCNC(=NCC1(O)CCCCC1)NC1CCN(Cc2ccc(F)cc2)CC1. The van der Waals surface area contributed by atoms with Crippen molar-refractivity contribution in [3.8, 4) is 0 Å². The van der Waals surface area contributed by atoms with E-state index in [1.807, 2.05) is 12.1 Å². The number of likely N-dealkylation sites (tertiary alicyclic amines) is 1. The Kier molecular flexibility index (Phi) is 7.68. The van der Waals surface area contributed by atoms with Crippen molar-refractivity contribution < 1.29 is 9.50 Å². The molecule has 1 aromatic carbocycles. The van der Waals surface area contributed by atoms with Gasteiger partial charge < -0.3 is 15.7 Å². The molecule has 0 radical (unpaired) electrons. The van der Waals surface area contributed by atoms with Gasteiger partial charge in [-0.05, 0) is 50.3 Å². The van der Waals surface area contributed by atoms with E-state index >= 15 is 0 Å². The van der Waals surface area contributed by atoms with Crippen molar-refractivity contribution in [2.24, 2.45) is 4.99 Å². The Bertz CT molecular complexity index is 620. The molecule has 156 valence electrons. The van der Waals surface area contributed by atoms with Crippen LogP contribution in [-0.2, 0) is 6.54 Å². The fourth-order valence-corrected chi connectivity index (χ4v) is 4.19. The van der Waals surface area contributed by atoms with Gasteiger partial charge in [0.25, 0.3) is 0 Å². The standard InChI is InChI=1S/C22H35FN4O/c1-2-24-21(25-17-22(28)12-4-3-5-13-22)26-20-10-14-27(15-11-20)16-18-6-8-19(23)9-7-18/h6-9,20,28H,2-5,10-17H2,1H3,(H2,24,25,26). The smallest absolute Gasteiger partial charge is 0.191 e. The van der Waals surface area contributed by atoms with E-state index in [2.05, 4.69) is 22.5 Å². The van der Waals surface area contributed by atoms with E-state index in [0.29, 0.717) is 12.6 Å². The molecule has 1 saturated heterocycles.